The lowest BCUT2D eigenvalue weighted by molar-refractivity contribution is -0.137. The van der Waals surface area contributed by atoms with Gasteiger partial charge in [-0.1, -0.05) is 11.6 Å². The third-order valence-electron chi connectivity index (χ3n) is 3.71. The Balaban J connectivity index is 2.13. The fourth-order valence-electron chi connectivity index (χ4n) is 2.29. The number of benzene rings is 2. The van der Waals surface area contributed by atoms with E-state index in [4.69, 9.17) is 21.1 Å². The van der Waals surface area contributed by atoms with Gasteiger partial charge in [0.05, 0.1) is 30.5 Å². The highest BCUT2D eigenvalue weighted by Gasteiger charge is 2.33. The Morgan fingerprint density at radius 3 is 2.41 bits per heavy atom. The molecule has 2 aromatic rings. The summed E-state index contributed by atoms with van der Waals surface area (Å²) in [6.45, 7) is 1.57. The van der Waals surface area contributed by atoms with Crippen molar-refractivity contribution in [3.8, 4) is 11.5 Å². The summed E-state index contributed by atoms with van der Waals surface area (Å²) < 4.78 is 49.1. The lowest BCUT2D eigenvalue weighted by atomic mass is 10.2. The van der Waals surface area contributed by atoms with Crippen molar-refractivity contribution in [1.29, 1.82) is 0 Å². The van der Waals surface area contributed by atoms with Crippen LogP contribution in [0.5, 0.6) is 11.5 Å². The van der Waals surface area contributed by atoms with Crippen molar-refractivity contribution >= 4 is 28.9 Å². The summed E-state index contributed by atoms with van der Waals surface area (Å²) in [6.07, 6.45) is -4.61. The second-order valence-corrected chi connectivity index (χ2v) is 6.02. The number of hydrogen-bond donors (Lipinski definition) is 2. The van der Waals surface area contributed by atoms with Crippen LogP contribution in [0.4, 0.5) is 24.5 Å². The summed E-state index contributed by atoms with van der Waals surface area (Å²) in [4.78, 5) is 12.3. The third-order valence-corrected chi connectivity index (χ3v) is 4.04. The first-order chi connectivity index (χ1) is 12.7. The number of hydrogen-bond acceptors (Lipinski definition) is 4. The molecule has 146 valence electrons. The lowest BCUT2D eigenvalue weighted by Crippen LogP contribution is -2.32. The van der Waals surface area contributed by atoms with Crippen LogP contribution in [0, 0.1) is 0 Å². The molecule has 1 amide bonds. The Morgan fingerprint density at radius 2 is 1.81 bits per heavy atom. The number of ether oxygens (including phenoxy) is 2. The molecule has 27 heavy (non-hydrogen) atoms. The molecule has 0 fully saturated rings. The summed E-state index contributed by atoms with van der Waals surface area (Å²) in [5.41, 5.74) is -0.487. The fraction of sp³-hybridized carbons (Fsp3) is 0.278. The van der Waals surface area contributed by atoms with Crippen LogP contribution in [-0.4, -0.2) is 26.2 Å². The summed E-state index contributed by atoms with van der Waals surface area (Å²) in [5, 5.41) is 4.95. The van der Waals surface area contributed by atoms with Crippen molar-refractivity contribution in [3.63, 3.8) is 0 Å². The molecule has 2 N–H and O–H groups in total. The van der Waals surface area contributed by atoms with Gasteiger partial charge in [-0.05, 0) is 37.3 Å². The quantitative estimate of drug-likeness (QED) is 0.727. The van der Waals surface area contributed by atoms with Gasteiger partial charge in [0.2, 0.25) is 5.91 Å². The molecule has 1 atom stereocenters. The smallest absolute Gasteiger partial charge is 0.417 e. The van der Waals surface area contributed by atoms with Gasteiger partial charge in [-0.2, -0.15) is 13.2 Å². The van der Waals surface area contributed by atoms with Crippen LogP contribution < -0.4 is 20.1 Å². The van der Waals surface area contributed by atoms with E-state index in [2.05, 4.69) is 10.6 Å². The van der Waals surface area contributed by atoms with E-state index in [9.17, 15) is 18.0 Å². The average Bonchev–Trinajstić information content (AvgIpc) is 2.62. The molecule has 0 bridgehead atoms. The molecule has 0 saturated heterocycles. The maximum absolute atomic E-state index is 12.9. The van der Waals surface area contributed by atoms with Gasteiger partial charge in [0.25, 0.3) is 0 Å². The topological polar surface area (TPSA) is 59.6 Å². The van der Waals surface area contributed by atoms with Crippen molar-refractivity contribution in [2.45, 2.75) is 19.1 Å². The van der Waals surface area contributed by atoms with Gasteiger partial charge in [-0.3, -0.25) is 4.79 Å². The molecule has 5 nitrogen and oxygen atoms in total. The number of carbonyl (C=O) groups excluding carboxylic acids is 1. The van der Waals surface area contributed by atoms with E-state index >= 15 is 0 Å². The number of nitrogens with one attached hydrogen (secondary N) is 2. The Morgan fingerprint density at radius 1 is 1.11 bits per heavy atom. The molecular formula is C18H18ClF3N2O3. The molecule has 0 saturated carbocycles. The molecule has 0 heterocycles. The first-order valence-corrected chi connectivity index (χ1v) is 8.19. The first kappa shape index (κ1) is 20.7. The summed E-state index contributed by atoms with van der Waals surface area (Å²) in [5.74, 6) is 0.513. The van der Waals surface area contributed by atoms with Crippen LogP contribution in [0.3, 0.4) is 0 Å². The SMILES string of the molecule is COc1ccc(N[C@H](C)C(=O)Nc2ccc(Cl)c(C(F)(F)F)c2)c(OC)c1. The van der Waals surface area contributed by atoms with Gasteiger partial charge in [0.15, 0.2) is 0 Å². The molecule has 0 spiro atoms. The van der Waals surface area contributed by atoms with E-state index in [1.165, 1.54) is 20.3 Å². The Hall–Kier alpha value is -2.61. The maximum Gasteiger partial charge on any atom is 0.417 e. The number of anilines is 2. The average molecular weight is 403 g/mol. The number of carbonyl (C=O) groups is 1. The maximum atomic E-state index is 12.9. The molecule has 2 aromatic carbocycles. The number of rotatable bonds is 6. The van der Waals surface area contributed by atoms with E-state index in [1.54, 1.807) is 25.1 Å². The van der Waals surface area contributed by atoms with Gasteiger partial charge in [-0.25, -0.2) is 0 Å². The van der Waals surface area contributed by atoms with E-state index in [0.29, 0.717) is 17.2 Å². The monoisotopic (exact) mass is 402 g/mol. The standard InChI is InChI=1S/C18H18ClF3N2O3/c1-10(23-15-7-5-12(26-2)9-16(15)27-3)17(25)24-11-4-6-14(19)13(8-11)18(20,21)22/h4-10,23H,1-3H3,(H,24,25)/t10-/m1/s1. The minimum Gasteiger partial charge on any atom is -0.497 e. The van der Waals surface area contributed by atoms with Crippen LogP contribution in [0.15, 0.2) is 36.4 Å². The lowest BCUT2D eigenvalue weighted by Gasteiger charge is -2.18. The first-order valence-electron chi connectivity index (χ1n) is 7.82. The normalized spacial score (nSPS) is 12.3. The number of amides is 1. The Labute approximate surface area is 159 Å². The molecule has 2 rings (SSSR count). The third kappa shape index (κ3) is 5.19. The highest BCUT2D eigenvalue weighted by molar-refractivity contribution is 6.31. The number of alkyl halides is 3. The zero-order valence-electron chi connectivity index (χ0n) is 14.8. The predicted molar refractivity (Wildman–Crippen MR) is 97.7 cm³/mol. The van der Waals surface area contributed by atoms with Gasteiger partial charge in [0, 0.05) is 11.8 Å². The van der Waals surface area contributed by atoms with Gasteiger partial charge in [-0.15, -0.1) is 0 Å². The van der Waals surface area contributed by atoms with Gasteiger partial charge >= 0.3 is 6.18 Å². The predicted octanol–water partition coefficient (Wildman–Crippen LogP) is 4.82. The molecule has 9 heteroatoms. The number of methoxy groups -OCH3 is 2. The van der Waals surface area contributed by atoms with Crippen LogP contribution in [-0.2, 0) is 11.0 Å². The zero-order valence-corrected chi connectivity index (χ0v) is 15.5. The van der Waals surface area contributed by atoms with Gasteiger partial charge < -0.3 is 20.1 Å². The van der Waals surface area contributed by atoms with E-state index in [1.807, 2.05) is 0 Å². The Bertz CT molecular complexity index is 828. The van der Waals surface area contributed by atoms with Crippen molar-refractivity contribution < 1.29 is 27.4 Å². The molecule has 0 aliphatic heterocycles. The van der Waals surface area contributed by atoms with Crippen molar-refractivity contribution in [3.05, 3.63) is 47.0 Å². The van der Waals surface area contributed by atoms with E-state index in [-0.39, 0.29) is 5.69 Å². The van der Waals surface area contributed by atoms with Crippen LogP contribution >= 0.6 is 11.6 Å². The highest BCUT2D eigenvalue weighted by atomic mass is 35.5. The molecule has 0 unspecified atom stereocenters. The minimum atomic E-state index is -4.61. The highest BCUT2D eigenvalue weighted by Crippen LogP contribution is 2.36. The fourth-order valence-corrected chi connectivity index (χ4v) is 2.51. The van der Waals surface area contributed by atoms with E-state index < -0.39 is 28.7 Å². The molecule has 0 radical (unpaired) electrons. The Kier molecular flexibility index (Phi) is 6.43. The largest absolute Gasteiger partial charge is 0.497 e. The number of halogens is 4. The summed E-state index contributed by atoms with van der Waals surface area (Å²) in [7, 11) is 2.98. The van der Waals surface area contributed by atoms with Crippen molar-refractivity contribution in [2.75, 3.05) is 24.9 Å². The van der Waals surface area contributed by atoms with Crippen molar-refractivity contribution in [2.24, 2.45) is 0 Å². The zero-order chi connectivity index (χ0) is 20.2. The molecule has 0 aliphatic carbocycles. The molecular weight excluding hydrogens is 385 g/mol. The van der Waals surface area contributed by atoms with E-state index in [0.717, 1.165) is 12.1 Å². The van der Waals surface area contributed by atoms with Crippen LogP contribution in [0.25, 0.3) is 0 Å². The second kappa shape index (κ2) is 8.39. The van der Waals surface area contributed by atoms with Crippen molar-refractivity contribution in [1.82, 2.24) is 0 Å². The summed E-state index contributed by atoms with van der Waals surface area (Å²) in [6, 6.07) is 7.43. The van der Waals surface area contributed by atoms with Crippen LogP contribution in [0.2, 0.25) is 5.02 Å². The minimum absolute atomic E-state index is 0.00734. The summed E-state index contributed by atoms with van der Waals surface area (Å²) >= 11 is 5.58. The van der Waals surface area contributed by atoms with Gasteiger partial charge in [0.1, 0.15) is 17.5 Å². The molecule has 0 aliphatic rings. The van der Waals surface area contributed by atoms with Crippen LogP contribution in [0.1, 0.15) is 12.5 Å². The molecule has 0 aromatic heterocycles. The second-order valence-electron chi connectivity index (χ2n) is 5.61.